The Labute approximate surface area is 115 Å². The molecule has 19 heavy (non-hydrogen) atoms. The van der Waals surface area contributed by atoms with Gasteiger partial charge in [-0.1, -0.05) is 24.4 Å². The van der Waals surface area contributed by atoms with Gasteiger partial charge in [-0.15, -0.1) is 0 Å². The lowest BCUT2D eigenvalue weighted by Crippen LogP contribution is -2.43. The number of halogens is 2. The third-order valence-electron chi connectivity index (χ3n) is 3.34. The molecule has 1 amide bonds. The minimum absolute atomic E-state index is 0.0114. The van der Waals surface area contributed by atoms with Crippen molar-refractivity contribution in [2.24, 2.45) is 11.5 Å². The molecule has 0 bridgehead atoms. The lowest BCUT2D eigenvalue weighted by molar-refractivity contribution is 0.0999. The minimum atomic E-state index is -0.808. The number of anilines is 1. The SMILES string of the molecule is NC(=O)c1cc(F)c(N[C@@H]2CCCC[C@@H]2N)nc1Cl. The van der Waals surface area contributed by atoms with E-state index >= 15 is 0 Å². The average molecular weight is 287 g/mol. The molecule has 1 aromatic heterocycles. The second-order valence-corrected chi connectivity index (χ2v) is 5.08. The van der Waals surface area contributed by atoms with Gasteiger partial charge in [-0.2, -0.15) is 0 Å². The van der Waals surface area contributed by atoms with E-state index in [0.717, 1.165) is 31.7 Å². The fourth-order valence-electron chi connectivity index (χ4n) is 2.25. The Morgan fingerprint density at radius 3 is 2.79 bits per heavy atom. The van der Waals surface area contributed by atoms with Crippen LogP contribution in [0.25, 0.3) is 0 Å². The second kappa shape index (κ2) is 5.71. The molecule has 5 nitrogen and oxygen atoms in total. The summed E-state index contributed by atoms with van der Waals surface area (Å²) >= 11 is 5.80. The Balaban J connectivity index is 2.21. The van der Waals surface area contributed by atoms with Crippen molar-refractivity contribution in [2.75, 3.05) is 5.32 Å². The maximum atomic E-state index is 13.8. The molecule has 1 aromatic rings. The fraction of sp³-hybridized carbons (Fsp3) is 0.500. The smallest absolute Gasteiger partial charge is 0.251 e. The van der Waals surface area contributed by atoms with Crippen molar-refractivity contribution >= 4 is 23.3 Å². The first-order chi connectivity index (χ1) is 8.99. The number of carbonyl (C=O) groups excluding carboxylic acids is 1. The molecule has 0 radical (unpaired) electrons. The van der Waals surface area contributed by atoms with E-state index in [2.05, 4.69) is 10.3 Å². The van der Waals surface area contributed by atoms with E-state index in [1.165, 1.54) is 0 Å². The molecule has 0 aliphatic heterocycles. The van der Waals surface area contributed by atoms with Gasteiger partial charge in [0.2, 0.25) is 0 Å². The highest BCUT2D eigenvalue weighted by molar-refractivity contribution is 6.32. The van der Waals surface area contributed by atoms with Crippen LogP contribution in [0.2, 0.25) is 5.15 Å². The Kier molecular flexibility index (Phi) is 4.21. The molecule has 5 N–H and O–H groups in total. The van der Waals surface area contributed by atoms with E-state index < -0.39 is 11.7 Å². The van der Waals surface area contributed by atoms with Crippen molar-refractivity contribution in [1.82, 2.24) is 4.98 Å². The highest BCUT2D eigenvalue weighted by Gasteiger charge is 2.24. The first-order valence-corrected chi connectivity index (χ1v) is 6.55. The third-order valence-corrected chi connectivity index (χ3v) is 3.62. The zero-order valence-electron chi connectivity index (χ0n) is 10.3. The van der Waals surface area contributed by atoms with Gasteiger partial charge in [0.25, 0.3) is 5.91 Å². The van der Waals surface area contributed by atoms with Crippen molar-refractivity contribution in [3.05, 3.63) is 22.6 Å². The molecule has 0 spiro atoms. The van der Waals surface area contributed by atoms with Gasteiger partial charge < -0.3 is 16.8 Å². The normalized spacial score (nSPS) is 23.1. The average Bonchev–Trinajstić information content (AvgIpc) is 2.35. The molecule has 0 saturated heterocycles. The van der Waals surface area contributed by atoms with Crippen LogP contribution in [0.4, 0.5) is 10.2 Å². The lowest BCUT2D eigenvalue weighted by atomic mass is 9.91. The fourth-order valence-corrected chi connectivity index (χ4v) is 2.49. The summed E-state index contributed by atoms with van der Waals surface area (Å²) in [5.41, 5.74) is 10.9. The van der Waals surface area contributed by atoms with Crippen molar-refractivity contribution in [1.29, 1.82) is 0 Å². The number of nitrogens with one attached hydrogen (secondary N) is 1. The maximum absolute atomic E-state index is 13.8. The summed E-state index contributed by atoms with van der Waals surface area (Å²) in [5, 5.41) is 2.85. The molecule has 1 fully saturated rings. The van der Waals surface area contributed by atoms with E-state index in [0.29, 0.717) is 0 Å². The van der Waals surface area contributed by atoms with Crippen LogP contribution in [-0.4, -0.2) is 23.0 Å². The Morgan fingerprint density at radius 1 is 1.47 bits per heavy atom. The first-order valence-electron chi connectivity index (χ1n) is 6.17. The Morgan fingerprint density at radius 2 is 2.16 bits per heavy atom. The number of rotatable bonds is 3. The number of nitrogens with zero attached hydrogens (tertiary/aromatic N) is 1. The van der Waals surface area contributed by atoms with Crippen LogP contribution < -0.4 is 16.8 Å². The molecule has 0 unspecified atom stereocenters. The topological polar surface area (TPSA) is 94.0 Å². The van der Waals surface area contributed by atoms with Crippen LogP contribution in [-0.2, 0) is 0 Å². The van der Waals surface area contributed by atoms with Gasteiger partial charge in [-0.3, -0.25) is 4.79 Å². The number of aromatic nitrogens is 1. The molecular weight excluding hydrogens is 271 g/mol. The van der Waals surface area contributed by atoms with Gasteiger partial charge >= 0.3 is 0 Å². The number of amides is 1. The van der Waals surface area contributed by atoms with Crippen LogP contribution in [0, 0.1) is 5.82 Å². The number of hydrogen-bond donors (Lipinski definition) is 3. The summed E-state index contributed by atoms with van der Waals surface area (Å²) in [4.78, 5) is 14.9. The summed E-state index contributed by atoms with van der Waals surface area (Å²) in [6.45, 7) is 0. The van der Waals surface area contributed by atoms with E-state index in [1.807, 2.05) is 0 Å². The number of carbonyl (C=O) groups is 1. The van der Waals surface area contributed by atoms with Crippen LogP contribution in [0.3, 0.4) is 0 Å². The predicted molar refractivity (Wildman–Crippen MR) is 71.6 cm³/mol. The van der Waals surface area contributed by atoms with E-state index in [-0.39, 0.29) is 28.6 Å². The quantitative estimate of drug-likeness (QED) is 0.737. The largest absolute Gasteiger partial charge is 0.366 e. The zero-order chi connectivity index (χ0) is 14.0. The third kappa shape index (κ3) is 3.13. The second-order valence-electron chi connectivity index (χ2n) is 4.72. The molecule has 7 heteroatoms. The van der Waals surface area contributed by atoms with E-state index in [1.54, 1.807) is 0 Å². The Bertz CT molecular complexity index is 497. The lowest BCUT2D eigenvalue weighted by Gasteiger charge is -2.29. The van der Waals surface area contributed by atoms with Gasteiger partial charge in [-0.05, 0) is 18.9 Å². The molecule has 1 heterocycles. The predicted octanol–water partition coefficient (Wildman–Crippen LogP) is 1.65. The van der Waals surface area contributed by atoms with Gasteiger partial charge in [-0.25, -0.2) is 9.37 Å². The van der Waals surface area contributed by atoms with Crippen molar-refractivity contribution in [3.63, 3.8) is 0 Å². The number of nitrogens with two attached hydrogens (primary N) is 2. The summed E-state index contributed by atoms with van der Waals surface area (Å²) in [6.07, 6.45) is 3.88. The maximum Gasteiger partial charge on any atom is 0.251 e. The van der Waals surface area contributed by atoms with Gasteiger partial charge in [0.15, 0.2) is 11.6 Å². The summed E-state index contributed by atoms with van der Waals surface area (Å²) in [5.74, 6) is -1.45. The van der Waals surface area contributed by atoms with Gasteiger partial charge in [0.1, 0.15) is 5.15 Å². The van der Waals surface area contributed by atoms with Crippen LogP contribution >= 0.6 is 11.6 Å². The molecule has 1 aliphatic carbocycles. The zero-order valence-corrected chi connectivity index (χ0v) is 11.1. The monoisotopic (exact) mass is 286 g/mol. The molecule has 1 aliphatic rings. The van der Waals surface area contributed by atoms with Crippen LogP contribution in [0.15, 0.2) is 6.07 Å². The standard InChI is InChI=1S/C12H16ClFN4O/c13-10-6(11(16)19)5-7(14)12(18-10)17-9-4-2-1-3-8(9)15/h5,8-9H,1-4,15H2,(H2,16,19)(H,17,18)/t8-,9+/m0/s1. The van der Waals surface area contributed by atoms with E-state index in [9.17, 15) is 9.18 Å². The van der Waals surface area contributed by atoms with Gasteiger partial charge in [0.05, 0.1) is 5.56 Å². The van der Waals surface area contributed by atoms with Crippen molar-refractivity contribution < 1.29 is 9.18 Å². The van der Waals surface area contributed by atoms with Crippen molar-refractivity contribution in [3.8, 4) is 0 Å². The Hall–Kier alpha value is -1.40. The number of primary amides is 1. The molecule has 2 atom stereocenters. The highest BCUT2D eigenvalue weighted by atomic mass is 35.5. The van der Waals surface area contributed by atoms with Gasteiger partial charge in [0, 0.05) is 12.1 Å². The van der Waals surface area contributed by atoms with Crippen molar-refractivity contribution in [2.45, 2.75) is 37.8 Å². The molecule has 2 rings (SSSR count). The summed E-state index contributed by atoms with van der Waals surface area (Å²) in [7, 11) is 0. The molecular formula is C12H16ClFN4O. The van der Waals surface area contributed by atoms with Crippen LogP contribution in [0.5, 0.6) is 0 Å². The number of pyridine rings is 1. The highest BCUT2D eigenvalue weighted by Crippen LogP contribution is 2.24. The summed E-state index contributed by atoms with van der Waals surface area (Å²) in [6, 6.07) is 0.921. The minimum Gasteiger partial charge on any atom is -0.366 e. The van der Waals surface area contributed by atoms with Crippen LogP contribution in [0.1, 0.15) is 36.0 Å². The molecule has 0 aromatic carbocycles. The first kappa shape index (κ1) is 14.0. The molecule has 104 valence electrons. The summed E-state index contributed by atoms with van der Waals surface area (Å²) < 4.78 is 13.8. The number of hydrogen-bond acceptors (Lipinski definition) is 4. The van der Waals surface area contributed by atoms with E-state index in [4.69, 9.17) is 23.1 Å². The molecule has 1 saturated carbocycles.